The van der Waals surface area contributed by atoms with E-state index in [1.54, 1.807) is 30.5 Å². The highest BCUT2D eigenvalue weighted by Gasteiger charge is 2.31. The van der Waals surface area contributed by atoms with Crippen molar-refractivity contribution < 1.29 is 9.59 Å². The molecule has 0 radical (unpaired) electrons. The topological polar surface area (TPSA) is 58.9 Å². The number of aliphatic imine (C=N–C) groups is 2. The Morgan fingerprint density at radius 2 is 1.45 bits per heavy atom. The van der Waals surface area contributed by atoms with Crippen molar-refractivity contribution in [3.05, 3.63) is 81.7 Å². The van der Waals surface area contributed by atoms with Crippen molar-refractivity contribution in [2.24, 2.45) is 9.98 Å². The normalized spacial score (nSPS) is 18.6. The number of nitrogens with zero attached hydrogens (tertiary/aromatic N) is 2. The molecule has 0 atom stereocenters. The highest BCUT2D eigenvalue weighted by atomic mass is 16.1. The highest BCUT2D eigenvalue weighted by Crippen LogP contribution is 2.32. The molecular weight excluding hydrogens is 360 g/mol. The fourth-order valence-corrected chi connectivity index (χ4v) is 4.01. The van der Waals surface area contributed by atoms with Crippen molar-refractivity contribution in [2.75, 3.05) is 0 Å². The summed E-state index contributed by atoms with van der Waals surface area (Å²) >= 11 is 0. The minimum absolute atomic E-state index is 0.0438. The molecule has 2 aromatic rings. The third kappa shape index (κ3) is 3.29. The molecule has 0 saturated heterocycles. The summed E-state index contributed by atoms with van der Waals surface area (Å²) in [6, 6.07) is 13.3. The van der Waals surface area contributed by atoms with Crippen molar-refractivity contribution in [3.8, 4) is 0 Å². The van der Waals surface area contributed by atoms with Crippen molar-refractivity contribution in [1.82, 2.24) is 0 Å². The van der Waals surface area contributed by atoms with E-state index in [0.717, 1.165) is 11.3 Å². The first kappa shape index (κ1) is 19.2. The van der Waals surface area contributed by atoms with E-state index < -0.39 is 0 Å². The number of hydrogen-bond acceptors (Lipinski definition) is 4. The van der Waals surface area contributed by atoms with Gasteiger partial charge >= 0.3 is 0 Å². The number of hydrogen-bond donors (Lipinski definition) is 0. The molecule has 0 N–H and O–H groups in total. The summed E-state index contributed by atoms with van der Waals surface area (Å²) in [6.45, 7) is 8.65. The van der Waals surface area contributed by atoms with Crippen LogP contribution in [0.4, 0.5) is 0 Å². The quantitative estimate of drug-likeness (QED) is 0.657. The predicted octanol–water partition coefficient (Wildman–Crippen LogP) is 5.49. The van der Waals surface area contributed by atoms with Gasteiger partial charge in [-0.2, -0.15) is 0 Å². The zero-order chi connectivity index (χ0) is 20.7. The molecule has 4 heteroatoms. The van der Waals surface area contributed by atoms with Crippen LogP contribution in [0.5, 0.6) is 0 Å². The van der Waals surface area contributed by atoms with Crippen LogP contribution in [-0.2, 0) is 0 Å². The van der Waals surface area contributed by atoms with Crippen LogP contribution >= 0.6 is 0 Å². The zero-order valence-electron chi connectivity index (χ0n) is 17.2. The molecule has 146 valence electrons. The molecule has 0 fully saturated rings. The maximum absolute atomic E-state index is 13.0. The summed E-state index contributed by atoms with van der Waals surface area (Å²) in [5, 5.41) is 0. The van der Waals surface area contributed by atoms with Crippen LogP contribution in [0.3, 0.4) is 0 Å². The Kier molecular flexibility index (Phi) is 4.87. The number of Topliss-reactive ketones (excluding diaryl/α,β-unsaturated/α-hetero) is 2. The molecule has 2 aromatic carbocycles. The van der Waals surface area contributed by atoms with E-state index >= 15 is 0 Å². The van der Waals surface area contributed by atoms with Gasteiger partial charge in [0.15, 0.2) is 17.4 Å². The molecule has 1 heterocycles. The van der Waals surface area contributed by atoms with Gasteiger partial charge in [0, 0.05) is 23.1 Å². The number of carbonyl (C=O) groups is 2. The number of benzene rings is 2. The Morgan fingerprint density at radius 1 is 0.828 bits per heavy atom. The average Bonchev–Trinajstić information content (AvgIpc) is 3.19. The van der Waals surface area contributed by atoms with Gasteiger partial charge in [0.2, 0.25) is 0 Å². The molecule has 0 amide bonds. The van der Waals surface area contributed by atoms with E-state index in [2.05, 4.69) is 50.9 Å². The molecule has 2 aliphatic rings. The van der Waals surface area contributed by atoms with Gasteiger partial charge in [0.1, 0.15) is 0 Å². The van der Waals surface area contributed by atoms with E-state index in [-0.39, 0.29) is 18.0 Å². The van der Waals surface area contributed by atoms with Crippen molar-refractivity contribution in [2.45, 2.75) is 46.0 Å². The number of allylic oxidation sites excluding steroid dienone is 1. The highest BCUT2D eigenvalue weighted by molar-refractivity contribution is 6.41. The van der Waals surface area contributed by atoms with Gasteiger partial charge in [0.25, 0.3) is 0 Å². The molecule has 4 nitrogen and oxygen atoms in total. The van der Waals surface area contributed by atoms with Gasteiger partial charge in [-0.05, 0) is 23.0 Å². The maximum Gasteiger partial charge on any atom is 0.193 e. The Labute approximate surface area is 171 Å². The van der Waals surface area contributed by atoms with Gasteiger partial charge in [-0.3, -0.25) is 9.59 Å². The van der Waals surface area contributed by atoms with Crippen LogP contribution in [0.2, 0.25) is 0 Å². The molecule has 0 spiro atoms. The summed E-state index contributed by atoms with van der Waals surface area (Å²) in [5.41, 5.74) is 5.59. The van der Waals surface area contributed by atoms with Gasteiger partial charge in [-0.15, -0.1) is 0 Å². The number of rotatable bonds is 3. The lowest BCUT2D eigenvalue weighted by molar-refractivity contribution is 0.0934. The molecule has 29 heavy (non-hydrogen) atoms. The van der Waals surface area contributed by atoms with E-state index in [1.165, 1.54) is 11.1 Å². The van der Waals surface area contributed by atoms with Crippen molar-refractivity contribution >= 4 is 23.5 Å². The van der Waals surface area contributed by atoms with Gasteiger partial charge in [-0.25, -0.2) is 9.98 Å². The standard InChI is InChI=1S/C25H24N2O2/c1-14(2)16-10-7-11-17(15(3)4)23(16)21-13-26-25(27-21)20-12-22(28)18-8-5-6-9-19(18)24(20)29/h5-11,13-15H,12H2,1-4H3. The second-order valence-corrected chi connectivity index (χ2v) is 8.15. The van der Waals surface area contributed by atoms with Crippen LogP contribution in [0.25, 0.3) is 0 Å². The third-order valence-electron chi connectivity index (χ3n) is 5.52. The van der Waals surface area contributed by atoms with Crippen LogP contribution in [-0.4, -0.2) is 23.5 Å². The molecule has 1 aliphatic carbocycles. The van der Waals surface area contributed by atoms with E-state index in [4.69, 9.17) is 4.99 Å². The lowest BCUT2D eigenvalue weighted by Crippen LogP contribution is -2.20. The molecule has 1 aliphatic heterocycles. The fraction of sp³-hybridized carbons (Fsp3) is 0.280. The van der Waals surface area contributed by atoms with Gasteiger partial charge in [0.05, 0.1) is 17.5 Å². The van der Waals surface area contributed by atoms with E-state index in [9.17, 15) is 9.59 Å². The molecule has 0 unspecified atom stereocenters. The Hall–Kier alpha value is -3.14. The van der Waals surface area contributed by atoms with Crippen molar-refractivity contribution in [3.63, 3.8) is 0 Å². The number of ketones is 2. The minimum Gasteiger partial charge on any atom is -0.294 e. The zero-order valence-corrected chi connectivity index (χ0v) is 17.2. The second kappa shape index (κ2) is 7.36. The summed E-state index contributed by atoms with van der Waals surface area (Å²) in [7, 11) is 0. The number of carbonyl (C=O) groups excluding carboxylic acids is 2. The minimum atomic E-state index is -0.154. The van der Waals surface area contributed by atoms with E-state index in [1.807, 2.05) is 0 Å². The lowest BCUT2D eigenvalue weighted by Gasteiger charge is -2.18. The molecule has 0 aromatic heterocycles. The summed E-state index contributed by atoms with van der Waals surface area (Å²) in [5.74, 6) is 0.814. The third-order valence-corrected chi connectivity index (χ3v) is 5.52. The SMILES string of the molecule is CC(C)c1cccc(C(C)C)c1C1=NC(=C2CC(=O)c3ccccc3C2=O)N=C1. The van der Waals surface area contributed by atoms with E-state index in [0.29, 0.717) is 34.4 Å². The summed E-state index contributed by atoms with van der Waals surface area (Å²) in [6.07, 6.45) is 1.77. The Morgan fingerprint density at radius 3 is 2.07 bits per heavy atom. The summed E-state index contributed by atoms with van der Waals surface area (Å²) in [4.78, 5) is 34.7. The van der Waals surface area contributed by atoms with Crippen LogP contribution in [0.15, 0.2) is 63.8 Å². The molecule has 0 bridgehead atoms. The van der Waals surface area contributed by atoms with Crippen LogP contribution < -0.4 is 0 Å². The fourth-order valence-electron chi connectivity index (χ4n) is 4.01. The van der Waals surface area contributed by atoms with Crippen LogP contribution in [0, 0.1) is 0 Å². The number of fused-ring (bicyclic) bond motifs is 1. The van der Waals surface area contributed by atoms with Crippen molar-refractivity contribution in [1.29, 1.82) is 0 Å². The smallest absolute Gasteiger partial charge is 0.193 e. The predicted molar refractivity (Wildman–Crippen MR) is 116 cm³/mol. The molecular formula is C25H24N2O2. The first-order chi connectivity index (χ1) is 13.9. The molecule has 0 saturated carbocycles. The van der Waals surface area contributed by atoms with Gasteiger partial charge < -0.3 is 0 Å². The maximum atomic E-state index is 13.0. The second-order valence-electron chi connectivity index (χ2n) is 8.15. The first-order valence-electron chi connectivity index (χ1n) is 10.0. The average molecular weight is 384 g/mol. The first-order valence-corrected chi connectivity index (χ1v) is 10.0. The largest absolute Gasteiger partial charge is 0.294 e. The monoisotopic (exact) mass is 384 g/mol. The summed E-state index contributed by atoms with van der Waals surface area (Å²) < 4.78 is 0. The Balaban J connectivity index is 1.84. The lowest BCUT2D eigenvalue weighted by atomic mass is 9.86. The Bertz CT molecular complexity index is 1090. The van der Waals surface area contributed by atoms with Gasteiger partial charge in [-0.1, -0.05) is 70.2 Å². The molecule has 4 rings (SSSR count). The van der Waals surface area contributed by atoms with Crippen LogP contribution in [0.1, 0.15) is 83.4 Å².